The van der Waals surface area contributed by atoms with Crippen molar-refractivity contribution in [2.45, 2.75) is 135 Å². The predicted molar refractivity (Wildman–Crippen MR) is 188 cm³/mol. The summed E-state index contributed by atoms with van der Waals surface area (Å²) in [7, 11) is -2.49. The van der Waals surface area contributed by atoms with E-state index in [1.54, 1.807) is 58.0 Å². The van der Waals surface area contributed by atoms with Gasteiger partial charge in [-0.15, -0.1) is 0 Å². The van der Waals surface area contributed by atoms with Gasteiger partial charge in [0, 0.05) is 31.1 Å². The molecule has 12 heteroatoms. The highest BCUT2D eigenvalue weighted by Crippen LogP contribution is 2.65. The zero-order valence-corrected chi connectivity index (χ0v) is 32.2. The second-order valence-corrected chi connectivity index (χ2v) is 21.0. The van der Waals surface area contributed by atoms with Crippen LogP contribution in [-0.2, 0) is 37.8 Å². The number of hydrogen-bond donors (Lipinski definition) is 2. The van der Waals surface area contributed by atoms with Crippen LogP contribution in [0.2, 0.25) is 18.1 Å². The lowest BCUT2D eigenvalue weighted by molar-refractivity contribution is -0.344. The summed E-state index contributed by atoms with van der Waals surface area (Å²) in [6, 6.07) is 10.6. The average molecular weight is 727 g/mol. The van der Waals surface area contributed by atoms with E-state index in [1.807, 2.05) is 0 Å². The molecule has 0 aromatic heterocycles. The number of ketones is 1. The molecule has 1 saturated heterocycles. The SMILES string of the molecule is CC[Si](CC)(CC)O[C@H]1C[C@H]2OC[C@@]2(OC(C)=O)[C@H]2[C@H](OC(=O)c3ccccc3)[C@]3(O)C[C@H](O)C(C)C(=C(OC(=O)C4CC4)C(=O)[C@]12C)C3(C)C. The highest BCUT2D eigenvalue weighted by atomic mass is 28.4. The lowest BCUT2D eigenvalue weighted by Gasteiger charge is -2.68. The van der Waals surface area contributed by atoms with E-state index in [1.165, 1.54) is 6.92 Å². The highest BCUT2D eigenvalue weighted by molar-refractivity contribution is 6.73. The van der Waals surface area contributed by atoms with E-state index in [2.05, 4.69) is 20.8 Å². The van der Waals surface area contributed by atoms with Crippen molar-refractivity contribution in [3.8, 4) is 0 Å². The van der Waals surface area contributed by atoms with Crippen molar-refractivity contribution in [2.75, 3.05) is 6.61 Å². The van der Waals surface area contributed by atoms with Crippen molar-refractivity contribution in [3.63, 3.8) is 0 Å². The molecule has 280 valence electrons. The molecule has 5 aliphatic rings. The van der Waals surface area contributed by atoms with Crippen LogP contribution in [0.25, 0.3) is 0 Å². The topological polar surface area (TPSA) is 155 Å². The first-order valence-corrected chi connectivity index (χ1v) is 21.2. The largest absolute Gasteiger partial charge is 0.455 e. The zero-order valence-electron chi connectivity index (χ0n) is 31.2. The van der Waals surface area contributed by atoms with E-state index in [9.17, 15) is 24.6 Å². The lowest BCUT2D eigenvalue weighted by Crippen LogP contribution is -2.81. The van der Waals surface area contributed by atoms with Crippen molar-refractivity contribution in [1.29, 1.82) is 0 Å². The molecule has 6 rings (SSSR count). The normalized spacial score (nSPS) is 37.2. The number of rotatable bonds is 10. The van der Waals surface area contributed by atoms with Crippen LogP contribution in [0.3, 0.4) is 0 Å². The van der Waals surface area contributed by atoms with E-state index < -0.39 is 90.3 Å². The molecule has 3 saturated carbocycles. The lowest BCUT2D eigenvalue weighted by atomic mass is 9.45. The third kappa shape index (κ3) is 5.75. The second kappa shape index (κ2) is 13.2. The Labute approximate surface area is 301 Å². The molecule has 4 fully saturated rings. The van der Waals surface area contributed by atoms with E-state index in [4.69, 9.17) is 23.4 Å². The number of aliphatic hydroxyl groups excluding tert-OH is 1. The monoisotopic (exact) mass is 726 g/mol. The third-order valence-corrected chi connectivity index (χ3v) is 18.0. The molecule has 1 aliphatic heterocycles. The summed E-state index contributed by atoms with van der Waals surface area (Å²) in [5, 5.41) is 25.1. The minimum absolute atomic E-state index is 0.127. The predicted octanol–water partition coefficient (Wildman–Crippen LogP) is 5.28. The fraction of sp³-hybridized carbons (Fsp3) is 0.692. The van der Waals surface area contributed by atoms with Crippen molar-refractivity contribution in [2.24, 2.45) is 28.6 Å². The van der Waals surface area contributed by atoms with Crippen LogP contribution in [0, 0.1) is 28.6 Å². The highest BCUT2D eigenvalue weighted by Gasteiger charge is 2.78. The van der Waals surface area contributed by atoms with Crippen LogP contribution in [0.15, 0.2) is 41.7 Å². The van der Waals surface area contributed by atoms with E-state index in [0.717, 1.165) is 18.1 Å². The van der Waals surface area contributed by atoms with Gasteiger partial charge in [0.05, 0.1) is 41.6 Å². The van der Waals surface area contributed by atoms with E-state index in [-0.39, 0.29) is 42.3 Å². The molecule has 9 atom stereocenters. The molecule has 1 heterocycles. The Hall–Kier alpha value is -2.90. The number of aliphatic hydroxyl groups is 2. The van der Waals surface area contributed by atoms with Crippen molar-refractivity contribution < 1.29 is 52.8 Å². The Balaban J connectivity index is 1.69. The van der Waals surface area contributed by atoms with Gasteiger partial charge in [-0.1, -0.05) is 59.7 Å². The Morgan fingerprint density at radius 1 is 1.02 bits per heavy atom. The van der Waals surface area contributed by atoms with Crippen LogP contribution in [0.5, 0.6) is 0 Å². The summed E-state index contributed by atoms with van der Waals surface area (Å²) in [6.45, 7) is 14.3. The third-order valence-electron chi connectivity index (χ3n) is 13.4. The van der Waals surface area contributed by atoms with Gasteiger partial charge in [0.2, 0.25) is 5.78 Å². The van der Waals surface area contributed by atoms with Gasteiger partial charge in [0.15, 0.2) is 19.7 Å². The maximum Gasteiger partial charge on any atom is 0.338 e. The Kier molecular flexibility index (Phi) is 9.79. The average Bonchev–Trinajstić information content (AvgIpc) is 3.94. The van der Waals surface area contributed by atoms with Gasteiger partial charge in [-0.05, 0) is 55.6 Å². The standard InChI is InChI=1S/C39H54O11Si/c1-9-51(10-2,11-3)50-27-19-28-38(21-46-28,49-23(5)40)31-33(48-35(44)24-15-13-12-14-16-24)39(45)20-26(41)22(4)29(36(39,6)7)30(32(42)37(27,31)8)47-34(43)25-17-18-25/h12-16,22,25-28,31,33,41,45H,9-11,17-21H2,1-8H3/t22?,26-,27-,28+,31-,33-,37+,38-,39+/m0/s1. The number of esters is 3. The molecule has 0 amide bonds. The van der Waals surface area contributed by atoms with Gasteiger partial charge in [0.1, 0.15) is 17.8 Å². The van der Waals surface area contributed by atoms with E-state index in [0.29, 0.717) is 12.8 Å². The molecular weight excluding hydrogens is 673 g/mol. The maximum atomic E-state index is 15.9. The number of fused-ring (bicyclic) bond motifs is 5. The van der Waals surface area contributed by atoms with Crippen LogP contribution >= 0.6 is 0 Å². The molecule has 1 aromatic carbocycles. The van der Waals surface area contributed by atoms with Crippen LogP contribution in [0.4, 0.5) is 0 Å². The van der Waals surface area contributed by atoms with Gasteiger partial charge >= 0.3 is 17.9 Å². The summed E-state index contributed by atoms with van der Waals surface area (Å²) < 4.78 is 32.3. The molecular formula is C39H54O11Si. The minimum Gasteiger partial charge on any atom is -0.455 e. The van der Waals surface area contributed by atoms with E-state index >= 15 is 4.79 Å². The number of carbonyl (C=O) groups is 4. The Morgan fingerprint density at radius 2 is 1.65 bits per heavy atom. The minimum atomic E-state index is -2.49. The summed E-state index contributed by atoms with van der Waals surface area (Å²) in [4.78, 5) is 56.6. The van der Waals surface area contributed by atoms with Gasteiger partial charge in [-0.25, -0.2) is 4.79 Å². The fourth-order valence-corrected chi connectivity index (χ4v) is 12.6. The van der Waals surface area contributed by atoms with Crippen molar-refractivity contribution >= 4 is 32.0 Å². The van der Waals surface area contributed by atoms with Gasteiger partial charge in [0.25, 0.3) is 0 Å². The number of benzene rings is 1. The summed E-state index contributed by atoms with van der Waals surface area (Å²) in [6.07, 6.45) is -3.14. The summed E-state index contributed by atoms with van der Waals surface area (Å²) >= 11 is 0. The van der Waals surface area contributed by atoms with Crippen LogP contribution in [-0.4, -0.2) is 84.4 Å². The molecule has 1 unspecified atom stereocenters. The molecule has 1 aromatic rings. The van der Waals surface area contributed by atoms with Crippen molar-refractivity contribution in [1.82, 2.24) is 0 Å². The number of carbonyl (C=O) groups excluding carboxylic acids is 4. The number of hydrogen-bond acceptors (Lipinski definition) is 11. The molecule has 2 bridgehead atoms. The molecule has 4 aliphatic carbocycles. The quantitative estimate of drug-likeness (QED) is 0.184. The molecule has 0 radical (unpaired) electrons. The Morgan fingerprint density at radius 3 is 2.18 bits per heavy atom. The first-order chi connectivity index (χ1) is 24.0. The first-order valence-electron chi connectivity index (χ1n) is 18.6. The molecule has 2 N–H and O–H groups in total. The first kappa shape index (κ1) is 37.8. The fourth-order valence-electron chi connectivity index (χ4n) is 9.70. The molecule has 0 spiro atoms. The van der Waals surface area contributed by atoms with Crippen LogP contribution in [0.1, 0.15) is 91.4 Å². The van der Waals surface area contributed by atoms with Crippen molar-refractivity contribution in [3.05, 3.63) is 47.2 Å². The van der Waals surface area contributed by atoms with Gasteiger partial charge in [-0.2, -0.15) is 0 Å². The number of allylic oxidation sites excluding steroid dienone is 1. The van der Waals surface area contributed by atoms with Gasteiger partial charge in [-0.3, -0.25) is 14.4 Å². The maximum absolute atomic E-state index is 15.9. The zero-order chi connectivity index (χ0) is 37.3. The Bertz CT molecular complexity index is 1590. The molecule has 11 nitrogen and oxygen atoms in total. The summed E-state index contributed by atoms with van der Waals surface area (Å²) in [5.41, 5.74) is -6.17. The second-order valence-electron chi connectivity index (χ2n) is 16.3. The number of ether oxygens (including phenoxy) is 4. The number of Topliss-reactive ketones (excluding diaryl/α,β-unsaturated/α-hetero) is 1. The summed E-state index contributed by atoms with van der Waals surface area (Å²) in [5.74, 6) is -5.03. The molecule has 51 heavy (non-hydrogen) atoms. The van der Waals surface area contributed by atoms with Gasteiger partial charge < -0.3 is 33.6 Å². The smallest absolute Gasteiger partial charge is 0.338 e. The van der Waals surface area contributed by atoms with Crippen LogP contribution < -0.4 is 0 Å².